The molecular weight excluding hydrogens is 182 g/mol. The summed E-state index contributed by atoms with van der Waals surface area (Å²) in [6.45, 7) is 4.44. The van der Waals surface area contributed by atoms with E-state index in [0.717, 1.165) is 5.69 Å². The summed E-state index contributed by atoms with van der Waals surface area (Å²) in [6.07, 6.45) is 1.77. The summed E-state index contributed by atoms with van der Waals surface area (Å²) in [5, 5.41) is 11.8. The average molecular weight is 197 g/mol. The molecule has 0 fully saturated rings. The van der Waals surface area contributed by atoms with E-state index in [9.17, 15) is 4.79 Å². The fourth-order valence-corrected chi connectivity index (χ4v) is 1.26. The highest BCUT2D eigenvalue weighted by Crippen LogP contribution is 2.11. The smallest absolute Gasteiger partial charge is 0.372 e. The van der Waals surface area contributed by atoms with Crippen molar-refractivity contribution in [2.75, 3.05) is 7.05 Å². The molecule has 2 N–H and O–H groups in total. The lowest BCUT2D eigenvalue weighted by Gasteiger charge is -2.07. The molecule has 5 heteroatoms. The van der Waals surface area contributed by atoms with Gasteiger partial charge in [0, 0.05) is 18.8 Å². The summed E-state index contributed by atoms with van der Waals surface area (Å²) < 4.78 is 1.66. The first-order valence-corrected chi connectivity index (χ1v) is 4.52. The van der Waals surface area contributed by atoms with Crippen molar-refractivity contribution in [1.29, 1.82) is 0 Å². The van der Waals surface area contributed by atoms with Gasteiger partial charge in [-0.05, 0) is 20.9 Å². The second kappa shape index (κ2) is 4.23. The van der Waals surface area contributed by atoms with Crippen LogP contribution in [-0.4, -0.2) is 27.7 Å². The Labute approximate surface area is 82.8 Å². The Morgan fingerprint density at radius 2 is 2.36 bits per heavy atom. The standard InChI is InChI=1S/C9H15N3O2/c1-6(2)12-5-7(4-10-3)11-8(12)9(13)14/h5-6,10H,4H2,1-3H3,(H,13,14). The number of carbonyl (C=O) groups is 1. The quantitative estimate of drug-likeness (QED) is 0.752. The monoisotopic (exact) mass is 197 g/mol. The van der Waals surface area contributed by atoms with Crippen molar-refractivity contribution < 1.29 is 9.90 Å². The van der Waals surface area contributed by atoms with Crippen LogP contribution in [0.5, 0.6) is 0 Å². The summed E-state index contributed by atoms with van der Waals surface area (Å²) >= 11 is 0. The second-order valence-corrected chi connectivity index (χ2v) is 3.39. The molecule has 1 aromatic rings. The zero-order chi connectivity index (χ0) is 10.7. The van der Waals surface area contributed by atoms with Crippen LogP contribution in [0, 0.1) is 0 Å². The van der Waals surface area contributed by atoms with Gasteiger partial charge in [-0.2, -0.15) is 0 Å². The lowest BCUT2D eigenvalue weighted by Crippen LogP contribution is -2.10. The number of rotatable bonds is 4. The van der Waals surface area contributed by atoms with E-state index >= 15 is 0 Å². The predicted molar refractivity (Wildman–Crippen MR) is 52.3 cm³/mol. The summed E-state index contributed by atoms with van der Waals surface area (Å²) in [5.41, 5.74) is 0.749. The van der Waals surface area contributed by atoms with E-state index in [1.807, 2.05) is 13.8 Å². The van der Waals surface area contributed by atoms with Crippen LogP contribution in [0.3, 0.4) is 0 Å². The van der Waals surface area contributed by atoms with Crippen molar-refractivity contribution in [3.63, 3.8) is 0 Å². The molecule has 1 heterocycles. The molecule has 0 aliphatic heterocycles. The number of nitrogens with zero attached hydrogens (tertiary/aromatic N) is 2. The van der Waals surface area contributed by atoms with E-state index in [1.54, 1.807) is 17.8 Å². The van der Waals surface area contributed by atoms with Gasteiger partial charge in [0.05, 0.1) is 5.69 Å². The van der Waals surface area contributed by atoms with Crippen molar-refractivity contribution in [1.82, 2.24) is 14.9 Å². The SMILES string of the molecule is CNCc1cn(C(C)C)c(C(=O)O)n1. The Morgan fingerprint density at radius 1 is 1.71 bits per heavy atom. The number of aromatic carboxylic acids is 1. The lowest BCUT2D eigenvalue weighted by molar-refractivity contribution is 0.0676. The first-order valence-electron chi connectivity index (χ1n) is 4.52. The molecule has 1 rings (SSSR count). The van der Waals surface area contributed by atoms with Crippen LogP contribution in [0.2, 0.25) is 0 Å². The largest absolute Gasteiger partial charge is 0.475 e. The number of hydrogen-bond donors (Lipinski definition) is 2. The fourth-order valence-electron chi connectivity index (χ4n) is 1.26. The molecule has 0 atom stereocenters. The number of nitrogens with one attached hydrogen (secondary N) is 1. The van der Waals surface area contributed by atoms with Gasteiger partial charge in [-0.1, -0.05) is 0 Å². The van der Waals surface area contributed by atoms with Crippen LogP contribution in [-0.2, 0) is 6.54 Å². The third-order valence-corrected chi connectivity index (χ3v) is 1.89. The Balaban J connectivity index is 3.06. The van der Waals surface area contributed by atoms with Gasteiger partial charge >= 0.3 is 5.97 Å². The Kier molecular flexibility index (Phi) is 3.24. The molecule has 5 nitrogen and oxygen atoms in total. The summed E-state index contributed by atoms with van der Waals surface area (Å²) in [6, 6.07) is 0.110. The van der Waals surface area contributed by atoms with E-state index in [0.29, 0.717) is 6.54 Å². The van der Waals surface area contributed by atoms with Gasteiger partial charge < -0.3 is 15.0 Å². The maximum absolute atomic E-state index is 10.8. The van der Waals surface area contributed by atoms with E-state index < -0.39 is 5.97 Å². The summed E-state index contributed by atoms with van der Waals surface area (Å²) in [5.74, 6) is -0.883. The molecule has 0 radical (unpaired) electrons. The molecule has 0 saturated heterocycles. The third kappa shape index (κ3) is 2.11. The van der Waals surface area contributed by atoms with Crippen molar-refractivity contribution in [2.24, 2.45) is 0 Å². The summed E-state index contributed by atoms with van der Waals surface area (Å²) in [7, 11) is 1.80. The summed E-state index contributed by atoms with van der Waals surface area (Å²) in [4.78, 5) is 14.9. The molecule has 0 amide bonds. The molecule has 0 aromatic carbocycles. The second-order valence-electron chi connectivity index (χ2n) is 3.39. The molecule has 1 aromatic heterocycles. The van der Waals surface area contributed by atoms with Crippen molar-refractivity contribution in [3.8, 4) is 0 Å². The van der Waals surface area contributed by atoms with Gasteiger partial charge in [-0.15, -0.1) is 0 Å². The van der Waals surface area contributed by atoms with E-state index in [1.165, 1.54) is 0 Å². The highest BCUT2D eigenvalue weighted by Gasteiger charge is 2.15. The minimum absolute atomic E-state index is 0.102. The van der Waals surface area contributed by atoms with Crippen LogP contribution in [0.25, 0.3) is 0 Å². The Morgan fingerprint density at radius 3 is 2.71 bits per heavy atom. The molecule has 78 valence electrons. The fraction of sp³-hybridized carbons (Fsp3) is 0.556. The zero-order valence-corrected chi connectivity index (χ0v) is 8.61. The van der Waals surface area contributed by atoms with Gasteiger partial charge in [0.25, 0.3) is 0 Å². The van der Waals surface area contributed by atoms with Crippen LogP contribution in [0.15, 0.2) is 6.20 Å². The molecule has 0 unspecified atom stereocenters. The van der Waals surface area contributed by atoms with E-state index in [4.69, 9.17) is 5.11 Å². The molecule has 0 aliphatic carbocycles. The molecular formula is C9H15N3O2. The maximum Gasteiger partial charge on any atom is 0.372 e. The number of aromatic nitrogens is 2. The van der Waals surface area contributed by atoms with Gasteiger partial charge in [-0.3, -0.25) is 0 Å². The van der Waals surface area contributed by atoms with Crippen LogP contribution < -0.4 is 5.32 Å². The number of carboxylic acid groups (broad SMARTS) is 1. The molecule has 0 bridgehead atoms. The highest BCUT2D eigenvalue weighted by atomic mass is 16.4. The average Bonchev–Trinajstić information content (AvgIpc) is 2.49. The Bertz CT molecular complexity index is 331. The van der Waals surface area contributed by atoms with E-state index in [-0.39, 0.29) is 11.9 Å². The zero-order valence-electron chi connectivity index (χ0n) is 8.61. The minimum Gasteiger partial charge on any atom is -0.475 e. The van der Waals surface area contributed by atoms with Crippen molar-refractivity contribution in [3.05, 3.63) is 17.7 Å². The number of hydrogen-bond acceptors (Lipinski definition) is 3. The van der Waals surface area contributed by atoms with Gasteiger partial charge in [0.2, 0.25) is 5.82 Å². The first-order chi connectivity index (χ1) is 6.56. The van der Waals surface area contributed by atoms with Gasteiger partial charge in [0.15, 0.2) is 0 Å². The molecule has 0 saturated carbocycles. The minimum atomic E-state index is -0.985. The molecule has 0 spiro atoms. The molecule has 14 heavy (non-hydrogen) atoms. The Hall–Kier alpha value is -1.36. The number of imidazole rings is 1. The van der Waals surface area contributed by atoms with Crippen molar-refractivity contribution >= 4 is 5.97 Å². The van der Waals surface area contributed by atoms with Gasteiger partial charge in [0.1, 0.15) is 0 Å². The topological polar surface area (TPSA) is 67.2 Å². The highest BCUT2D eigenvalue weighted by molar-refractivity contribution is 5.83. The van der Waals surface area contributed by atoms with Crippen LogP contribution >= 0.6 is 0 Å². The van der Waals surface area contributed by atoms with Crippen LogP contribution in [0.4, 0.5) is 0 Å². The lowest BCUT2D eigenvalue weighted by atomic mass is 10.4. The normalized spacial score (nSPS) is 10.9. The van der Waals surface area contributed by atoms with E-state index in [2.05, 4.69) is 10.3 Å². The first kappa shape index (κ1) is 10.7. The van der Waals surface area contributed by atoms with Crippen LogP contribution in [0.1, 0.15) is 36.2 Å². The maximum atomic E-state index is 10.8. The predicted octanol–water partition coefficient (Wildman–Crippen LogP) is 0.882. The third-order valence-electron chi connectivity index (χ3n) is 1.89. The molecule has 0 aliphatic rings. The number of carboxylic acids is 1. The van der Waals surface area contributed by atoms with Gasteiger partial charge in [-0.25, -0.2) is 9.78 Å². The van der Waals surface area contributed by atoms with Crippen molar-refractivity contribution in [2.45, 2.75) is 26.4 Å².